The zero-order valence-corrected chi connectivity index (χ0v) is 13.0. The highest BCUT2D eigenvalue weighted by atomic mass is 32.2. The van der Waals surface area contributed by atoms with Gasteiger partial charge in [0.2, 0.25) is 0 Å². The molecule has 0 radical (unpaired) electrons. The number of rotatable bonds is 7. The molecule has 1 aromatic rings. The fourth-order valence-corrected chi connectivity index (χ4v) is 1.94. The molecular weight excluding hydrogens is 294 g/mol. The first-order chi connectivity index (χ1) is 9.86. The van der Waals surface area contributed by atoms with E-state index in [9.17, 15) is 19.1 Å². The molecule has 116 valence electrons. The monoisotopic (exact) mass is 313 g/mol. The van der Waals surface area contributed by atoms with Crippen molar-refractivity contribution < 1.29 is 13.9 Å². The Hall–Kier alpha value is -1.96. The zero-order chi connectivity index (χ0) is 16.0. The molecule has 1 rings (SSSR count). The summed E-state index contributed by atoms with van der Waals surface area (Å²) in [6, 6.07) is 4.15. The first-order valence-electron chi connectivity index (χ1n) is 6.49. The van der Waals surface area contributed by atoms with E-state index in [1.807, 2.05) is 6.92 Å². The first kappa shape index (κ1) is 17.1. The third-order valence-corrected chi connectivity index (χ3v) is 4.24. The molecule has 2 N–H and O–H groups in total. The van der Waals surface area contributed by atoms with Crippen molar-refractivity contribution in [3.8, 4) is 0 Å². The Morgan fingerprint density at radius 3 is 2.67 bits per heavy atom. The van der Waals surface area contributed by atoms with Crippen LogP contribution in [0.1, 0.15) is 24.2 Å². The summed E-state index contributed by atoms with van der Waals surface area (Å²) in [4.78, 5) is 22.4. The standard InChI is InChI=1S/C13H19N3O4S/c1-4-14-11-7-10(5-6-12(11)16(18)19)13(17)15-8-9(2)21(3)20/h5-7,9,14H,4,8H2,1-3H3,(H,15,17). The molecule has 0 aromatic heterocycles. The highest BCUT2D eigenvalue weighted by Gasteiger charge is 2.17. The molecule has 1 amide bonds. The molecule has 0 fully saturated rings. The summed E-state index contributed by atoms with van der Waals surface area (Å²) in [6.45, 7) is 4.39. The van der Waals surface area contributed by atoms with Crippen LogP contribution in [-0.4, -0.2) is 39.6 Å². The number of nitro groups is 1. The number of carbonyl (C=O) groups is 1. The number of hydrogen-bond donors (Lipinski definition) is 2. The molecule has 1 aromatic carbocycles. The maximum Gasteiger partial charge on any atom is 0.292 e. The SMILES string of the molecule is CCNc1cc(C(=O)NCC(C)S(C)=O)ccc1[N+](=O)[O-]. The average molecular weight is 313 g/mol. The van der Waals surface area contributed by atoms with E-state index in [0.717, 1.165) is 0 Å². The smallest absolute Gasteiger partial charge is 0.292 e. The molecule has 0 aliphatic carbocycles. The van der Waals surface area contributed by atoms with E-state index in [2.05, 4.69) is 10.6 Å². The summed E-state index contributed by atoms with van der Waals surface area (Å²) >= 11 is 0. The van der Waals surface area contributed by atoms with Gasteiger partial charge in [0.15, 0.2) is 0 Å². The normalized spacial score (nSPS) is 13.3. The molecule has 2 unspecified atom stereocenters. The van der Waals surface area contributed by atoms with Gasteiger partial charge >= 0.3 is 0 Å². The second-order valence-electron chi connectivity index (χ2n) is 4.54. The second kappa shape index (κ2) is 7.72. The van der Waals surface area contributed by atoms with Gasteiger partial charge < -0.3 is 10.6 Å². The highest BCUT2D eigenvalue weighted by molar-refractivity contribution is 7.84. The summed E-state index contributed by atoms with van der Waals surface area (Å²) < 4.78 is 11.2. The van der Waals surface area contributed by atoms with E-state index >= 15 is 0 Å². The first-order valence-corrected chi connectivity index (χ1v) is 8.11. The van der Waals surface area contributed by atoms with Gasteiger partial charge in [0, 0.05) is 47.0 Å². The second-order valence-corrected chi connectivity index (χ2v) is 6.34. The molecular formula is C13H19N3O4S. The summed E-state index contributed by atoms with van der Waals surface area (Å²) in [5.74, 6) is -0.346. The molecule has 0 aliphatic rings. The Bertz CT molecular complexity index is 562. The van der Waals surface area contributed by atoms with Gasteiger partial charge in [-0.3, -0.25) is 19.1 Å². The van der Waals surface area contributed by atoms with Crippen LogP contribution in [0.5, 0.6) is 0 Å². The summed E-state index contributed by atoms with van der Waals surface area (Å²) in [5.41, 5.74) is 0.560. The Balaban J connectivity index is 2.88. The minimum Gasteiger partial charge on any atom is -0.380 e. The molecule has 7 nitrogen and oxygen atoms in total. The van der Waals surface area contributed by atoms with Crippen molar-refractivity contribution >= 4 is 28.1 Å². The molecule has 21 heavy (non-hydrogen) atoms. The van der Waals surface area contributed by atoms with E-state index < -0.39 is 15.7 Å². The molecule has 0 saturated heterocycles. The quantitative estimate of drug-likeness (QED) is 0.587. The lowest BCUT2D eigenvalue weighted by Gasteiger charge is -2.11. The van der Waals surface area contributed by atoms with Crippen LogP contribution < -0.4 is 10.6 Å². The minimum atomic E-state index is -1.02. The van der Waals surface area contributed by atoms with Crippen LogP contribution in [0.15, 0.2) is 18.2 Å². The molecule has 0 aliphatic heterocycles. The van der Waals surface area contributed by atoms with E-state index in [1.54, 1.807) is 13.2 Å². The summed E-state index contributed by atoms with van der Waals surface area (Å²) in [6.07, 6.45) is 1.58. The van der Waals surface area contributed by atoms with Crippen LogP contribution >= 0.6 is 0 Å². The van der Waals surface area contributed by atoms with Gasteiger partial charge in [-0.2, -0.15) is 0 Å². The van der Waals surface area contributed by atoms with E-state index in [4.69, 9.17) is 0 Å². The Kier molecular flexibility index (Phi) is 6.29. The largest absolute Gasteiger partial charge is 0.380 e. The summed E-state index contributed by atoms with van der Waals surface area (Å²) in [7, 11) is -1.02. The van der Waals surface area contributed by atoms with Crippen LogP contribution in [0, 0.1) is 10.1 Å². The van der Waals surface area contributed by atoms with E-state index in [1.165, 1.54) is 18.2 Å². The third-order valence-electron chi connectivity index (χ3n) is 2.94. The topological polar surface area (TPSA) is 101 Å². The minimum absolute atomic E-state index is 0.0728. The van der Waals surface area contributed by atoms with Crippen LogP contribution in [-0.2, 0) is 10.8 Å². The summed E-state index contributed by atoms with van der Waals surface area (Å²) in [5, 5.41) is 16.3. The van der Waals surface area contributed by atoms with E-state index in [0.29, 0.717) is 17.8 Å². The van der Waals surface area contributed by atoms with E-state index in [-0.39, 0.29) is 23.4 Å². The fraction of sp³-hybridized carbons (Fsp3) is 0.462. The Morgan fingerprint density at radius 2 is 2.14 bits per heavy atom. The number of nitro benzene ring substituents is 1. The maximum atomic E-state index is 12.0. The van der Waals surface area contributed by atoms with Crippen molar-refractivity contribution in [3.63, 3.8) is 0 Å². The average Bonchev–Trinajstić information content (AvgIpc) is 2.44. The van der Waals surface area contributed by atoms with Crippen molar-refractivity contribution in [2.24, 2.45) is 0 Å². The highest BCUT2D eigenvalue weighted by Crippen LogP contribution is 2.25. The van der Waals surface area contributed by atoms with Crippen molar-refractivity contribution in [1.82, 2.24) is 5.32 Å². The molecule has 0 saturated carbocycles. The van der Waals surface area contributed by atoms with Gasteiger partial charge in [0.25, 0.3) is 11.6 Å². The fourth-order valence-electron chi connectivity index (χ4n) is 1.62. The van der Waals surface area contributed by atoms with Gasteiger partial charge in [-0.15, -0.1) is 0 Å². The molecule has 0 spiro atoms. The molecule has 0 heterocycles. The van der Waals surface area contributed by atoms with Crippen LogP contribution in [0.25, 0.3) is 0 Å². The Labute approximate surface area is 125 Å². The number of hydrogen-bond acceptors (Lipinski definition) is 5. The van der Waals surface area contributed by atoms with Crippen molar-refractivity contribution in [2.75, 3.05) is 24.7 Å². The predicted octanol–water partition coefficient (Wildman–Crippen LogP) is 1.52. The number of benzene rings is 1. The van der Waals surface area contributed by atoms with Crippen LogP contribution in [0.4, 0.5) is 11.4 Å². The number of amides is 1. The lowest BCUT2D eigenvalue weighted by atomic mass is 10.1. The lowest BCUT2D eigenvalue weighted by molar-refractivity contribution is -0.384. The number of carbonyl (C=O) groups excluding carboxylic acids is 1. The van der Waals surface area contributed by atoms with Crippen molar-refractivity contribution in [1.29, 1.82) is 0 Å². The van der Waals surface area contributed by atoms with Gasteiger partial charge in [0.05, 0.1) is 4.92 Å². The van der Waals surface area contributed by atoms with Gasteiger partial charge in [-0.1, -0.05) is 0 Å². The van der Waals surface area contributed by atoms with Gasteiger partial charge in [-0.05, 0) is 26.0 Å². The molecule has 8 heteroatoms. The van der Waals surface area contributed by atoms with Crippen LogP contribution in [0.2, 0.25) is 0 Å². The van der Waals surface area contributed by atoms with Gasteiger partial charge in [-0.25, -0.2) is 0 Å². The number of nitrogens with one attached hydrogen (secondary N) is 2. The number of anilines is 1. The van der Waals surface area contributed by atoms with Crippen molar-refractivity contribution in [2.45, 2.75) is 19.1 Å². The predicted molar refractivity (Wildman–Crippen MR) is 83.1 cm³/mol. The van der Waals surface area contributed by atoms with Gasteiger partial charge in [0.1, 0.15) is 5.69 Å². The molecule has 0 bridgehead atoms. The van der Waals surface area contributed by atoms with Crippen LogP contribution in [0.3, 0.4) is 0 Å². The lowest BCUT2D eigenvalue weighted by Crippen LogP contribution is -2.32. The Morgan fingerprint density at radius 1 is 1.48 bits per heavy atom. The number of nitrogens with zero attached hydrogens (tertiary/aromatic N) is 1. The van der Waals surface area contributed by atoms with Crippen molar-refractivity contribution in [3.05, 3.63) is 33.9 Å². The molecule has 2 atom stereocenters. The maximum absolute atomic E-state index is 12.0. The zero-order valence-electron chi connectivity index (χ0n) is 12.2. The third kappa shape index (κ3) is 4.82.